The summed E-state index contributed by atoms with van der Waals surface area (Å²) in [5.74, 6) is -0.0928. The third kappa shape index (κ3) is 2.35. The smallest absolute Gasteiger partial charge is 0.320 e. The number of hydrogen-bond acceptors (Lipinski definition) is 3. The van der Waals surface area contributed by atoms with Crippen molar-refractivity contribution in [3.63, 3.8) is 0 Å². The zero-order valence-electron chi connectivity index (χ0n) is 12.0. The molecule has 1 aromatic rings. The number of carboxylic acid groups (broad SMARTS) is 1. The van der Waals surface area contributed by atoms with Crippen molar-refractivity contribution in [3.8, 4) is 0 Å². The molecule has 0 radical (unpaired) electrons. The topological polar surface area (TPSA) is 58.4 Å². The van der Waals surface area contributed by atoms with Crippen LogP contribution in [0.2, 0.25) is 0 Å². The first-order chi connectivity index (χ1) is 9.70. The summed E-state index contributed by atoms with van der Waals surface area (Å²) >= 11 is 0. The summed E-state index contributed by atoms with van der Waals surface area (Å²) in [6, 6.07) is 0.133. The Kier molecular flexibility index (Phi) is 3.78. The van der Waals surface area contributed by atoms with Crippen molar-refractivity contribution < 1.29 is 9.90 Å². The zero-order chi connectivity index (χ0) is 14.1. The molecule has 110 valence electrons. The molecule has 5 heteroatoms. The summed E-state index contributed by atoms with van der Waals surface area (Å²) in [5, 5.41) is 9.52. The number of aromatic nitrogens is 2. The van der Waals surface area contributed by atoms with Crippen LogP contribution in [-0.2, 0) is 17.9 Å². The van der Waals surface area contributed by atoms with E-state index in [1.54, 1.807) is 0 Å². The van der Waals surface area contributed by atoms with E-state index in [4.69, 9.17) is 0 Å². The fourth-order valence-corrected chi connectivity index (χ4v) is 3.97. The Bertz CT molecular complexity index is 485. The molecule has 5 nitrogen and oxygen atoms in total. The Hall–Kier alpha value is -1.36. The summed E-state index contributed by atoms with van der Waals surface area (Å²) in [6.45, 7) is 3.69. The minimum atomic E-state index is -0.665. The van der Waals surface area contributed by atoms with Gasteiger partial charge in [0.1, 0.15) is 6.04 Å². The zero-order valence-corrected chi connectivity index (χ0v) is 12.0. The van der Waals surface area contributed by atoms with Crippen LogP contribution in [0.4, 0.5) is 0 Å². The predicted molar refractivity (Wildman–Crippen MR) is 75.2 cm³/mol. The summed E-state index contributed by atoms with van der Waals surface area (Å²) in [4.78, 5) is 18.0. The monoisotopic (exact) mass is 277 g/mol. The normalized spacial score (nSPS) is 30.4. The molecule has 0 aromatic carbocycles. The van der Waals surface area contributed by atoms with Gasteiger partial charge < -0.3 is 9.67 Å². The van der Waals surface area contributed by atoms with Gasteiger partial charge in [-0.2, -0.15) is 0 Å². The number of carboxylic acids is 1. The number of imidazole rings is 1. The minimum absolute atomic E-state index is 0.316. The Balaban J connectivity index is 1.82. The third-order valence-electron chi connectivity index (χ3n) is 4.99. The van der Waals surface area contributed by atoms with Crippen molar-refractivity contribution in [2.75, 3.05) is 0 Å². The highest BCUT2D eigenvalue weighted by molar-refractivity contribution is 5.74. The number of aryl methyl sites for hydroxylation is 1. The van der Waals surface area contributed by atoms with Crippen LogP contribution in [0.15, 0.2) is 12.5 Å². The van der Waals surface area contributed by atoms with Crippen molar-refractivity contribution >= 4 is 5.97 Å². The highest BCUT2D eigenvalue weighted by atomic mass is 16.4. The number of fused-ring (bicyclic) bond motifs is 1. The quantitative estimate of drug-likeness (QED) is 0.916. The number of aliphatic carboxylic acids is 1. The Morgan fingerprint density at radius 2 is 2.25 bits per heavy atom. The van der Waals surface area contributed by atoms with Crippen LogP contribution in [0.25, 0.3) is 0 Å². The van der Waals surface area contributed by atoms with E-state index in [2.05, 4.69) is 21.4 Å². The van der Waals surface area contributed by atoms with Gasteiger partial charge in [0, 0.05) is 25.3 Å². The SMILES string of the molecule is CCn1cncc1CN1C(C(=O)O)CC2CCCCC21. The highest BCUT2D eigenvalue weighted by Gasteiger charge is 2.45. The second-order valence-electron chi connectivity index (χ2n) is 6.04. The molecule has 1 saturated heterocycles. The number of nitrogens with zero attached hydrogens (tertiary/aromatic N) is 3. The minimum Gasteiger partial charge on any atom is -0.480 e. The van der Waals surface area contributed by atoms with Crippen molar-refractivity contribution in [3.05, 3.63) is 18.2 Å². The van der Waals surface area contributed by atoms with Crippen LogP contribution in [0, 0.1) is 5.92 Å². The Labute approximate surface area is 119 Å². The van der Waals surface area contributed by atoms with Crippen molar-refractivity contribution in [1.82, 2.24) is 14.5 Å². The molecule has 2 fully saturated rings. The van der Waals surface area contributed by atoms with E-state index in [0.29, 0.717) is 18.5 Å². The van der Waals surface area contributed by atoms with Gasteiger partial charge in [-0.05, 0) is 32.1 Å². The fraction of sp³-hybridized carbons (Fsp3) is 0.733. The predicted octanol–water partition coefficient (Wildman–Crippen LogP) is 2.12. The first kappa shape index (κ1) is 13.6. The lowest BCUT2D eigenvalue weighted by molar-refractivity contribution is -0.142. The average molecular weight is 277 g/mol. The molecular weight excluding hydrogens is 254 g/mol. The van der Waals surface area contributed by atoms with Crippen molar-refractivity contribution in [1.29, 1.82) is 0 Å². The molecule has 1 saturated carbocycles. The molecule has 1 N–H and O–H groups in total. The average Bonchev–Trinajstić information content (AvgIpc) is 3.04. The number of rotatable bonds is 4. The van der Waals surface area contributed by atoms with Crippen LogP contribution < -0.4 is 0 Å². The standard InChI is InChI=1S/C15H23N3O2/c1-2-17-10-16-8-12(17)9-18-13-6-4-3-5-11(13)7-14(18)15(19)20/h8,10-11,13-14H,2-7,9H2,1H3,(H,19,20). The summed E-state index contributed by atoms with van der Waals surface area (Å²) in [5.41, 5.74) is 1.13. The summed E-state index contributed by atoms with van der Waals surface area (Å²) in [6.07, 6.45) is 9.36. The Morgan fingerprint density at radius 1 is 1.45 bits per heavy atom. The second kappa shape index (κ2) is 5.56. The first-order valence-electron chi connectivity index (χ1n) is 7.68. The molecule has 1 aromatic heterocycles. The van der Waals surface area contributed by atoms with E-state index in [0.717, 1.165) is 25.1 Å². The first-order valence-corrected chi connectivity index (χ1v) is 7.68. The fourth-order valence-electron chi connectivity index (χ4n) is 3.97. The van der Waals surface area contributed by atoms with Crippen LogP contribution in [-0.4, -0.2) is 37.6 Å². The number of hydrogen-bond donors (Lipinski definition) is 1. The molecule has 0 bridgehead atoms. The van der Waals surface area contributed by atoms with Crippen molar-refractivity contribution in [2.24, 2.45) is 5.92 Å². The van der Waals surface area contributed by atoms with Crippen LogP contribution in [0.3, 0.4) is 0 Å². The Morgan fingerprint density at radius 3 is 3.00 bits per heavy atom. The molecule has 3 rings (SSSR count). The van der Waals surface area contributed by atoms with E-state index in [1.165, 1.54) is 19.3 Å². The van der Waals surface area contributed by atoms with E-state index in [1.807, 2.05) is 12.5 Å². The van der Waals surface area contributed by atoms with Crippen LogP contribution >= 0.6 is 0 Å². The van der Waals surface area contributed by atoms with Gasteiger partial charge in [-0.3, -0.25) is 9.69 Å². The molecule has 3 unspecified atom stereocenters. The lowest BCUT2D eigenvalue weighted by Gasteiger charge is -2.33. The third-order valence-corrected chi connectivity index (χ3v) is 4.99. The van der Waals surface area contributed by atoms with E-state index in [9.17, 15) is 9.90 Å². The van der Waals surface area contributed by atoms with Gasteiger partial charge in [0.25, 0.3) is 0 Å². The maximum Gasteiger partial charge on any atom is 0.320 e. The van der Waals surface area contributed by atoms with Gasteiger partial charge in [-0.15, -0.1) is 0 Å². The molecule has 0 spiro atoms. The van der Waals surface area contributed by atoms with E-state index in [-0.39, 0.29) is 6.04 Å². The van der Waals surface area contributed by atoms with Gasteiger partial charge in [0.05, 0.1) is 12.0 Å². The van der Waals surface area contributed by atoms with Gasteiger partial charge in [-0.25, -0.2) is 4.98 Å². The summed E-state index contributed by atoms with van der Waals surface area (Å²) in [7, 11) is 0. The number of likely N-dealkylation sites (tertiary alicyclic amines) is 1. The van der Waals surface area contributed by atoms with Crippen LogP contribution in [0.5, 0.6) is 0 Å². The molecule has 2 heterocycles. The lowest BCUT2D eigenvalue weighted by Crippen LogP contribution is -2.42. The van der Waals surface area contributed by atoms with E-state index < -0.39 is 5.97 Å². The largest absolute Gasteiger partial charge is 0.480 e. The van der Waals surface area contributed by atoms with Crippen LogP contribution in [0.1, 0.15) is 44.7 Å². The lowest BCUT2D eigenvalue weighted by atomic mass is 9.85. The van der Waals surface area contributed by atoms with E-state index >= 15 is 0 Å². The van der Waals surface area contributed by atoms with Gasteiger partial charge >= 0.3 is 5.97 Å². The molecule has 20 heavy (non-hydrogen) atoms. The van der Waals surface area contributed by atoms with Gasteiger partial charge in [0.2, 0.25) is 0 Å². The maximum atomic E-state index is 11.6. The highest BCUT2D eigenvalue weighted by Crippen LogP contribution is 2.40. The number of carbonyl (C=O) groups is 1. The molecule has 1 aliphatic heterocycles. The second-order valence-corrected chi connectivity index (χ2v) is 6.04. The molecular formula is C15H23N3O2. The van der Waals surface area contributed by atoms with Gasteiger partial charge in [-0.1, -0.05) is 12.8 Å². The summed E-state index contributed by atoms with van der Waals surface area (Å²) < 4.78 is 2.11. The molecule has 3 atom stereocenters. The molecule has 2 aliphatic rings. The molecule has 0 amide bonds. The van der Waals surface area contributed by atoms with Gasteiger partial charge in [0.15, 0.2) is 0 Å². The maximum absolute atomic E-state index is 11.6. The molecule has 1 aliphatic carbocycles. The van der Waals surface area contributed by atoms with Crippen molar-refractivity contribution in [2.45, 2.75) is 64.2 Å².